The smallest absolute Gasteiger partial charge is 0.407 e. The van der Waals surface area contributed by atoms with E-state index in [0.717, 1.165) is 59.9 Å². The van der Waals surface area contributed by atoms with Crippen LogP contribution in [0, 0.1) is 24.9 Å². The Hall–Kier alpha value is -4.13. The second-order valence-electron chi connectivity index (χ2n) is 11.8. The highest BCUT2D eigenvalue weighted by Gasteiger charge is 2.45. The Morgan fingerprint density at radius 1 is 0.976 bits per heavy atom. The minimum atomic E-state index is -0.462. The molecule has 2 saturated carbocycles. The number of ether oxygens (including phenoxy) is 2. The molecule has 7 nitrogen and oxygen atoms in total. The van der Waals surface area contributed by atoms with Crippen LogP contribution in [-0.4, -0.2) is 29.2 Å². The Labute approximate surface area is 248 Å². The van der Waals surface area contributed by atoms with Crippen molar-refractivity contribution in [2.45, 2.75) is 51.6 Å². The molecule has 217 valence electrons. The average molecular weight is 564 g/mol. The van der Waals surface area contributed by atoms with Crippen molar-refractivity contribution in [2.75, 3.05) is 18.4 Å². The van der Waals surface area contributed by atoms with Gasteiger partial charge < -0.3 is 20.1 Å². The normalized spacial score (nSPS) is 22.5. The van der Waals surface area contributed by atoms with Gasteiger partial charge in [-0.1, -0.05) is 66.6 Å². The summed E-state index contributed by atoms with van der Waals surface area (Å²) in [6.07, 6.45) is 11.6. The van der Waals surface area contributed by atoms with Crippen LogP contribution in [0.25, 0.3) is 18.2 Å². The number of nitrogens with zero attached hydrogens (tertiary/aromatic N) is 2. The molecule has 0 spiro atoms. The molecule has 42 heavy (non-hydrogen) atoms. The Kier molecular flexibility index (Phi) is 8.54. The third kappa shape index (κ3) is 6.84. The van der Waals surface area contributed by atoms with Crippen molar-refractivity contribution in [3.05, 3.63) is 95.5 Å². The van der Waals surface area contributed by atoms with E-state index >= 15 is 0 Å². The molecule has 1 aromatic heterocycles. The van der Waals surface area contributed by atoms with Gasteiger partial charge in [0.25, 0.3) is 0 Å². The minimum absolute atomic E-state index is 0.451. The average Bonchev–Trinajstić information content (AvgIpc) is 3.84. The second-order valence-corrected chi connectivity index (χ2v) is 11.8. The molecule has 7 heteroatoms. The van der Waals surface area contributed by atoms with Crippen LogP contribution in [0.15, 0.2) is 60.2 Å². The molecule has 2 N–H and O–H groups in total. The lowest BCUT2D eigenvalue weighted by Gasteiger charge is -2.29. The maximum absolute atomic E-state index is 11.5. The topological polar surface area (TPSA) is 85.4 Å². The summed E-state index contributed by atoms with van der Waals surface area (Å²) in [6, 6.07) is 18.3. The molecule has 3 aliphatic rings. The summed E-state index contributed by atoms with van der Waals surface area (Å²) >= 11 is 0. The number of hydrogen-bond acceptors (Lipinski definition) is 6. The molecule has 1 amide bonds. The quantitative estimate of drug-likeness (QED) is 0.266. The molecule has 4 atom stereocenters. The summed E-state index contributed by atoms with van der Waals surface area (Å²) in [5.74, 6) is 4.60. The second kappa shape index (κ2) is 12.8. The van der Waals surface area contributed by atoms with Gasteiger partial charge in [0.1, 0.15) is 25.3 Å². The van der Waals surface area contributed by atoms with Crippen LogP contribution in [0.1, 0.15) is 73.2 Å². The highest BCUT2D eigenvalue weighted by atomic mass is 16.5. The zero-order valence-corrected chi connectivity index (χ0v) is 24.2. The van der Waals surface area contributed by atoms with Gasteiger partial charge in [0.15, 0.2) is 5.82 Å². The van der Waals surface area contributed by atoms with E-state index in [1.807, 2.05) is 36.4 Å². The van der Waals surface area contributed by atoms with E-state index in [1.54, 1.807) is 0 Å². The molecule has 0 saturated heterocycles. The monoisotopic (exact) mass is 563 g/mol. The fraction of sp³-hybridized carbons (Fsp3) is 0.371. The number of fused-ring (bicyclic) bond motifs is 3. The predicted octanol–water partition coefficient (Wildman–Crippen LogP) is 7.48. The molecule has 3 aromatic rings. The first-order valence-corrected chi connectivity index (χ1v) is 15.0. The molecule has 1 heterocycles. The Morgan fingerprint density at radius 2 is 1.76 bits per heavy atom. The first-order chi connectivity index (χ1) is 20.6. The molecular formula is C35H39N4O3. The number of rotatable bonds is 10. The molecule has 0 aliphatic heterocycles. The van der Waals surface area contributed by atoms with E-state index in [0.29, 0.717) is 36.8 Å². The van der Waals surface area contributed by atoms with E-state index < -0.39 is 6.09 Å². The summed E-state index contributed by atoms with van der Waals surface area (Å²) < 4.78 is 10.4. The van der Waals surface area contributed by atoms with Crippen LogP contribution in [0.2, 0.25) is 0 Å². The van der Waals surface area contributed by atoms with Gasteiger partial charge in [0, 0.05) is 24.6 Å². The SMILES string of the molecule is [CH2]OC(=O)NCC1CCCC(CNc2nc(/C=C/c3ccc(OCc4ccccc4)cc3)nc3c2C=C(C)C2CC32)C1. The number of benzene rings is 2. The van der Waals surface area contributed by atoms with Crippen LogP contribution in [0.5, 0.6) is 5.75 Å². The third-order valence-electron chi connectivity index (χ3n) is 8.76. The van der Waals surface area contributed by atoms with Gasteiger partial charge in [-0.05, 0) is 79.7 Å². The van der Waals surface area contributed by atoms with E-state index in [2.05, 4.69) is 65.8 Å². The molecule has 4 unspecified atom stereocenters. The van der Waals surface area contributed by atoms with E-state index in [9.17, 15) is 4.79 Å². The Morgan fingerprint density at radius 3 is 2.55 bits per heavy atom. The third-order valence-corrected chi connectivity index (χ3v) is 8.76. The first kappa shape index (κ1) is 28.0. The van der Waals surface area contributed by atoms with Gasteiger partial charge in [-0.25, -0.2) is 14.8 Å². The maximum atomic E-state index is 11.5. The summed E-state index contributed by atoms with van der Waals surface area (Å²) in [5.41, 5.74) is 5.97. The van der Waals surface area contributed by atoms with Gasteiger partial charge in [0.05, 0.1) is 5.69 Å². The summed E-state index contributed by atoms with van der Waals surface area (Å²) in [5, 5.41) is 6.52. The molecule has 2 aromatic carbocycles. The number of anilines is 1. The number of alkyl carbamates (subject to hydrolysis) is 1. The lowest BCUT2D eigenvalue weighted by atomic mass is 9.81. The van der Waals surface area contributed by atoms with E-state index in [4.69, 9.17) is 14.7 Å². The molecule has 6 rings (SSSR count). The molecule has 2 fully saturated rings. The Balaban J connectivity index is 1.13. The summed E-state index contributed by atoms with van der Waals surface area (Å²) in [4.78, 5) is 21.5. The fourth-order valence-electron chi connectivity index (χ4n) is 6.35. The van der Waals surface area contributed by atoms with E-state index in [-0.39, 0.29) is 0 Å². The van der Waals surface area contributed by atoms with Crippen molar-refractivity contribution in [1.29, 1.82) is 0 Å². The lowest BCUT2D eigenvalue weighted by molar-refractivity contribution is 0.177. The summed E-state index contributed by atoms with van der Waals surface area (Å²) in [6.45, 7) is 4.27. The van der Waals surface area contributed by atoms with Crippen LogP contribution in [-0.2, 0) is 11.3 Å². The minimum Gasteiger partial charge on any atom is -0.489 e. The molecule has 0 bridgehead atoms. The van der Waals surface area contributed by atoms with Crippen molar-refractivity contribution < 1.29 is 14.3 Å². The zero-order valence-electron chi connectivity index (χ0n) is 24.2. The van der Waals surface area contributed by atoms with Crippen molar-refractivity contribution >= 4 is 30.1 Å². The highest BCUT2D eigenvalue weighted by Crippen LogP contribution is 2.56. The number of aromatic nitrogens is 2. The van der Waals surface area contributed by atoms with Gasteiger partial charge in [-0.3, -0.25) is 0 Å². The van der Waals surface area contributed by atoms with Crippen LogP contribution in [0.3, 0.4) is 0 Å². The molecule has 3 aliphatic carbocycles. The van der Waals surface area contributed by atoms with Crippen molar-refractivity contribution in [1.82, 2.24) is 15.3 Å². The maximum Gasteiger partial charge on any atom is 0.407 e. The van der Waals surface area contributed by atoms with Gasteiger partial charge in [-0.15, -0.1) is 0 Å². The number of amides is 1. The van der Waals surface area contributed by atoms with Crippen LogP contribution < -0.4 is 15.4 Å². The van der Waals surface area contributed by atoms with Gasteiger partial charge >= 0.3 is 6.09 Å². The number of hydrogen-bond donors (Lipinski definition) is 2. The van der Waals surface area contributed by atoms with Crippen LogP contribution >= 0.6 is 0 Å². The van der Waals surface area contributed by atoms with Crippen molar-refractivity contribution in [3.63, 3.8) is 0 Å². The first-order valence-electron chi connectivity index (χ1n) is 15.0. The lowest BCUT2D eigenvalue weighted by Crippen LogP contribution is -2.32. The number of carbonyl (C=O) groups excluding carboxylic acids is 1. The standard InChI is InChI=1S/C35H39N4O3/c1-23-17-31-33(30-19-29(23)30)38-32(16-13-24-11-14-28(15-12-24)42-22-25-7-4-3-5-8-25)39-34(31)36-20-26-9-6-10-27(18-26)21-37-35(40)41-2/h3-5,7-8,11-17,26-27,29-30H,2,6,9-10,18-22H2,1H3,(H,37,40)(H,36,38,39)/b16-13+. The zero-order chi connectivity index (χ0) is 28.9. The van der Waals surface area contributed by atoms with Gasteiger partial charge in [-0.2, -0.15) is 0 Å². The Bertz CT molecular complexity index is 1450. The van der Waals surface area contributed by atoms with E-state index in [1.165, 1.54) is 24.1 Å². The number of nitrogens with one attached hydrogen (secondary N) is 2. The largest absolute Gasteiger partial charge is 0.489 e. The molecular weight excluding hydrogens is 524 g/mol. The van der Waals surface area contributed by atoms with Crippen molar-refractivity contribution in [3.8, 4) is 5.75 Å². The number of allylic oxidation sites excluding steroid dienone is 1. The predicted molar refractivity (Wildman–Crippen MR) is 166 cm³/mol. The fourth-order valence-corrected chi connectivity index (χ4v) is 6.35. The van der Waals surface area contributed by atoms with Crippen molar-refractivity contribution in [2.24, 2.45) is 17.8 Å². The highest BCUT2D eigenvalue weighted by molar-refractivity contribution is 5.74. The van der Waals surface area contributed by atoms with Gasteiger partial charge in [0.2, 0.25) is 0 Å². The summed E-state index contributed by atoms with van der Waals surface area (Å²) in [7, 11) is 3.18. The van der Waals surface area contributed by atoms with Crippen LogP contribution in [0.4, 0.5) is 10.6 Å². The number of carbonyl (C=O) groups is 1. The molecule has 1 radical (unpaired) electrons.